The molecule has 0 radical (unpaired) electrons. The van der Waals surface area contributed by atoms with Crippen LogP contribution in [0.4, 0.5) is 0 Å². The van der Waals surface area contributed by atoms with Gasteiger partial charge in [-0.15, -0.1) is 11.3 Å². The van der Waals surface area contributed by atoms with E-state index in [1.54, 1.807) is 41.6 Å². The fourth-order valence-corrected chi connectivity index (χ4v) is 7.27. The number of esters is 1. The van der Waals surface area contributed by atoms with Gasteiger partial charge in [0, 0.05) is 41.5 Å². The third-order valence-electron chi connectivity index (χ3n) is 6.73. The van der Waals surface area contributed by atoms with E-state index in [2.05, 4.69) is 4.98 Å². The Morgan fingerprint density at radius 2 is 1.72 bits per heavy atom. The minimum Gasteiger partial charge on any atom is -0.462 e. The molecule has 10 heteroatoms. The number of carbonyl (C=O) groups excluding carboxylic acids is 2. The molecule has 2 N–H and O–H groups in total. The van der Waals surface area contributed by atoms with Crippen molar-refractivity contribution >= 4 is 33.2 Å². The second kappa shape index (κ2) is 14.5. The molecule has 4 rings (SSSR count). The van der Waals surface area contributed by atoms with Crippen molar-refractivity contribution < 1.29 is 22.7 Å². The Morgan fingerprint density at radius 1 is 1.00 bits per heavy atom. The number of nitrogens with two attached hydrogens (primary N) is 1. The number of unbranched alkanes of at least 4 members (excludes halogenated alkanes) is 1. The van der Waals surface area contributed by atoms with Crippen molar-refractivity contribution in [1.29, 1.82) is 0 Å². The van der Waals surface area contributed by atoms with Crippen LogP contribution in [0.15, 0.2) is 83.3 Å². The first kappa shape index (κ1) is 32.1. The lowest BCUT2D eigenvalue weighted by Gasteiger charge is -2.23. The van der Waals surface area contributed by atoms with Crippen molar-refractivity contribution in [2.45, 2.75) is 57.3 Å². The van der Waals surface area contributed by atoms with E-state index in [4.69, 9.17) is 9.88 Å². The van der Waals surface area contributed by atoms with Crippen molar-refractivity contribution in [3.05, 3.63) is 106 Å². The van der Waals surface area contributed by atoms with Crippen LogP contribution in [-0.4, -0.2) is 36.8 Å². The van der Waals surface area contributed by atoms with Gasteiger partial charge < -0.3 is 9.64 Å². The summed E-state index contributed by atoms with van der Waals surface area (Å²) < 4.78 is 31.2. The fraction of sp³-hybridized carbons (Fsp3) is 0.303. The topological polar surface area (TPSA) is 120 Å². The predicted molar refractivity (Wildman–Crippen MR) is 169 cm³/mol. The number of rotatable bonds is 13. The summed E-state index contributed by atoms with van der Waals surface area (Å²) in [5.41, 5.74) is 3.18. The molecular weight excluding hydrogens is 583 g/mol. The molecule has 2 aromatic carbocycles. The summed E-state index contributed by atoms with van der Waals surface area (Å²) in [6.07, 6.45) is 5.45. The highest BCUT2D eigenvalue weighted by molar-refractivity contribution is 7.91. The zero-order valence-electron chi connectivity index (χ0n) is 24.7. The number of carbonyl (C=O) groups is 2. The average Bonchev–Trinajstić information content (AvgIpc) is 3.37. The van der Waals surface area contributed by atoms with Crippen molar-refractivity contribution in [2.75, 3.05) is 6.61 Å². The van der Waals surface area contributed by atoms with Gasteiger partial charge in [-0.3, -0.25) is 9.78 Å². The lowest BCUT2D eigenvalue weighted by molar-refractivity contribution is 0.0499. The Hall–Kier alpha value is -3.86. The van der Waals surface area contributed by atoms with E-state index in [9.17, 15) is 18.0 Å². The number of nitrogens with zero attached hydrogens (tertiary/aromatic N) is 2. The monoisotopic (exact) mass is 619 g/mol. The lowest BCUT2D eigenvalue weighted by Crippen LogP contribution is -2.30. The van der Waals surface area contributed by atoms with E-state index >= 15 is 0 Å². The quantitative estimate of drug-likeness (QED) is 0.136. The number of pyridine rings is 1. The number of aromatic nitrogens is 1. The third kappa shape index (κ3) is 8.37. The van der Waals surface area contributed by atoms with E-state index in [0.717, 1.165) is 28.9 Å². The number of thiophene rings is 1. The smallest absolute Gasteiger partial charge is 0.339 e. The normalized spacial score (nSPS) is 11.5. The van der Waals surface area contributed by atoms with Crippen LogP contribution in [0.25, 0.3) is 11.1 Å². The summed E-state index contributed by atoms with van der Waals surface area (Å²) in [5.74, 6) is -0.554. The van der Waals surface area contributed by atoms with Gasteiger partial charge in [-0.25, -0.2) is 18.4 Å². The Bertz CT molecular complexity index is 1650. The molecule has 0 saturated heterocycles. The van der Waals surface area contributed by atoms with E-state index in [1.807, 2.05) is 63.2 Å². The van der Waals surface area contributed by atoms with Crippen LogP contribution in [0.1, 0.15) is 70.3 Å². The number of benzene rings is 2. The molecule has 226 valence electrons. The van der Waals surface area contributed by atoms with Crippen LogP contribution in [0, 0.1) is 5.92 Å². The summed E-state index contributed by atoms with van der Waals surface area (Å²) in [4.78, 5) is 33.6. The number of ether oxygens (including phenoxy) is 1. The Balaban J connectivity index is 1.79. The first-order valence-electron chi connectivity index (χ1n) is 14.3. The molecule has 0 aliphatic carbocycles. The Kier molecular flexibility index (Phi) is 10.8. The molecule has 8 nitrogen and oxygen atoms in total. The number of hydrogen-bond acceptors (Lipinski definition) is 7. The minimum atomic E-state index is -4.16. The maximum absolute atomic E-state index is 13.6. The highest BCUT2D eigenvalue weighted by atomic mass is 32.2. The third-order valence-corrected chi connectivity index (χ3v) is 9.40. The molecule has 43 heavy (non-hydrogen) atoms. The van der Waals surface area contributed by atoms with Crippen molar-refractivity contribution in [3.8, 4) is 11.1 Å². The molecule has 0 unspecified atom stereocenters. The van der Waals surface area contributed by atoms with Crippen LogP contribution in [0.3, 0.4) is 0 Å². The number of hydrogen-bond donors (Lipinski definition) is 1. The second-order valence-corrected chi connectivity index (χ2v) is 13.6. The fourth-order valence-electron chi connectivity index (χ4n) is 4.75. The summed E-state index contributed by atoms with van der Waals surface area (Å²) in [5, 5.41) is 5.71. The number of sulfonamides is 1. The van der Waals surface area contributed by atoms with Crippen LogP contribution in [-0.2, 0) is 34.3 Å². The van der Waals surface area contributed by atoms with Gasteiger partial charge in [-0.05, 0) is 59.7 Å². The molecule has 2 heterocycles. The standard InChI is InChI=1S/C33H37N3O5S2/c1-4-5-17-41-32(38)30-28(18-23(2)3)42-33(43(34,39)40)29(30)27-15-9-11-24(19-27)21-36(22-25-12-10-16-35-20-25)31(37)26-13-7-6-8-14-26/h6-16,19-20,23H,4-5,17-18,21-22H2,1-3H3,(H2,34,39,40). The predicted octanol–water partition coefficient (Wildman–Crippen LogP) is 6.46. The van der Waals surface area contributed by atoms with Crippen LogP contribution in [0.5, 0.6) is 0 Å². The van der Waals surface area contributed by atoms with E-state index in [0.29, 0.717) is 35.4 Å². The zero-order valence-corrected chi connectivity index (χ0v) is 26.3. The average molecular weight is 620 g/mol. The highest BCUT2D eigenvalue weighted by Crippen LogP contribution is 2.41. The molecule has 0 spiro atoms. The Labute approximate surface area is 257 Å². The second-order valence-electron chi connectivity index (χ2n) is 10.8. The van der Waals surface area contributed by atoms with Gasteiger partial charge in [0.25, 0.3) is 5.91 Å². The lowest BCUT2D eigenvalue weighted by atomic mass is 9.98. The minimum absolute atomic E-state index is 0.0738. The van der Waals surface area contributed by atoms with Crippen LogP contribution in [0.2, 0.25) is 0 Å². The summed E-state index contributed by atoms with van der Waals surface area (Å²) in [6, 6.07) is 20.0. The van der Waals surface area contributed by atoms with Crippen LogP contribution >= 0.6 is 11.3 Å². The maximum Gasteiger partial charge on any atom is 0.339 e. The summed E-state index contributed by atoms with van der Waals surface area (Å²) >= 11 is 1.02. The first-order chi connectivity index (χ1) is 20.6. The number of amides is 1. The van der Waals surface area contributed by atoms with Crippen molar-refractivity contribution in [2.24, 2.45) is 11.1 Å². The highest BCUT2D eigenvalue weighted by Gasteiger charge is 2.31. The van der Waals surface area contributed by atoms with Crippen molar-refractivity contribution in [1.82, 2.24) is 9.88 Å². The SMILES string of the molecule is CCCCOC(=O)c1c(CC(C)C)sc(S(N)(=O)=O)c1-c1cccc(CN(Cc2cccnc2)C(=O)c2ccccc2)c1. The zero-order chi connectivity index (χ0) is 31.0. The first-order valence-corrected chi connectivity index (χ1v) is 16.6. The molecule has 4 aromatic rings. The largest absolute Gasteiger partial charge is 0.462 e. The number of primary sulfonamides is 1. The maximum atomic E-state index is 13.6. The molecule has 0 aliphatic rings. The molecule has 0 fully saturated rings. The van der Waals surface area contributed by atoms with Gasteiger partial charge >= 0.3 is 5.97 Å². The molecule has 0 aliphatic heterocycles. The van der Waals surface area contributed by atoms with Gasteiger partial charge in [0.15, 0.2) is 0 Å². The molecule has 1 amide bonds. The van der Waals surface area contributed by atoms with Gasteiger partial charge in [-0.2, -0.15) is 0 Å². The Morgan fingerprint density at radius 3 is 2.37 bits per heavy atom. The molecule has 0 saturated carbocycles. The molecule has 0 atom stereocenters. The molecule has 2 aromatic heterocycles. The van der Waals surface area contributed by atoms with E-state index in [-0.39, 0.29) is 40.3 Å². The van der Waals surface area contributed by atoms with E-state index in [1.165, 1.54) is 0 Å². The summed E-state index contributed by atoms with van der Waals surface area (Å²) in [6.45, 7) is 6.80. The van der Waals surface area contributed by atoms with Gasteiger partial charge in [-0.1, -0.05) is 69.7 Å². The van der Waals surface area contributed by atoms with E-state index < -0.39 is 16.0 Å². The van der Waals surface area contributed by atoms with Crippen LogP contribution < -0.4 is 5.14 Å². The molecule has 0 bridgehead atoms. The van der Waals surface area contributed by atoms with Crippen molar-refractivity contribution in [3.63, 3.8) is 0 Å². The molecular formula is C33H37N3O5S2. The summed E-state index contributed by atoms with van der Waals surface area (Å²) in [7, 11) is -4.16. The van der Waals surface area contributed by atoms with Gasteiger partial charge in [0.05, 0.1) is 12.2 Å². The van der Waals surface area contributed by atoms with Gasteiger partial charge in [0.2, 0.25) is 10.0 Å². The van der Waals surface area contributed by atoms with Gasteiger partial charge in [0.1, 0.15) is 4.21 Å².